The highest BCUT2D eigenvalue weighted by molar-refractivity contribution is 7.11. The van der Waals surface area contributed by atoms with Gasteiger partial charge in [0.25, 0.3) is 0 Å². The first-order chi connectivity index (χ1) is 9.63. The quantitative estimate of drug-likeness (QED) is 0.803. The van der Waals surface area contributed by atoms with Crippen molar-refractivity contribution >= 4 is 17.0 Å². The Morgan fingerprint density at radius 2 is 2.25 bits per heavy atom. The molecule has 0 spiro atoms. The smallest absolute Gasteiger partial charge is 0.119 e. The van der Waals surface area contributed by atoms with Crippen LogP contribution in [0.2, 0.25) is 0 Å². The van der Waals surface area contributed by atoms with Crippen molar-refractivity contribution in [3.05, 3.63) is 39.8 Å². The predicted octanol–water partition coefficient (Wildman–Crippen LogP) is 3.15. The lowest BCUT2D eigenvalue weighted by Crippen LogP contribution is -2.18. The number of nitrogen functional groups attached to an aromatic ring is 1. The Morgan fingerprint density at radius 3 is 2.90 bits per heavy atom. The van der Waals surface area contributed by atoms with Gasteiger partial charge in [0.05, 0.1) is 13.2 Å². The highest BCUT2D eigenvalue weighted by atomic mass is 32.1. The molecule has 0 saturated heterocycles. The lowest BCUT2D eigenvalue weighted by atomic mass is 10.1. The van der Waals surface area contributed by atoms with Gasteiger partial charge in [0, 0.05) is 23.3 Å². The molecule has 0 fully saturated rings. The molecule has 1 aromatic carbocycles. The van der Waals surface area contributed by atoms with E-state index in [9.17, 15) is 0 Å². The molecule has 3 N–H and O–H groups in total. The number of benzene rings is 1. The minimum absolute atomic E-state index is 0.214. The van der Waals surface area contributed by atoms with Crippen LogP contribution in [0.4, 0.5) is 5.69 Å². The third-order valence-corrected chi connectivity index (χ3v) is 4.56. The van der Waals surface area contributed by atoms with Crippen LogP contribution in [-0.4, -0.2) is 12.1 Å². The van der Waals surface area contributed by atoms with Gasteiger partial charge in [-0.25, -0.2) is 4.98 Å². The van der Waals surface area contributed by atoms with Crippen LogP contribution < -0.4 is 15.8 Å². The summed E-state index contributed by atoms with van der Waals surface area (Å²) >= 11 is 1.76. The standard InChI is InChI=1S/C15H21N3OS/c1-4-13-9-18-15(20-13)10(2)17-8-11-7-12(19-3)5-6-14(11)16/h5-7,9-10,17H,4,8,16H2,1-3H3. The second-order valence-electron chi connectivity index (χ2n) is 4.69. The van der Waals surface area contributed by atoms with Gasteiger partial charge in [0.2, 0.25) is 0 Å². The van der Waals surface area contributed by atoms with Gasteiger partial charge < -0.3 is 15.8 Å². The van der Waals surface area contributed by atoms with Gasteiger partial charge >= 0.3 is 0 Å². The van der Waals surface area contributed by atoms with Crippen LogP contribution in [0, 0.1) is 0 Å². The number of aryl methyl sites for hydroxylation is 1. The summed E-state index contributed by atoms with van der Waals surface area (Å²) in [6, 6.07) is 5.93. The Labute approximate surface area is 124 Å². The van der Waals surface area contributed by atoms with E-state index in [1.165, 1.54) is 4.88 Å². The lowest BCUT2D eigenvalue weighted by Gasteiger charge is -2.13. The first-order valence-corrected chi connectivity index (χ1v) is 7.56. The van der Waals surface area contributed by atoms with E-state index in [-0.39, 0.29) is 6.04 Å². The largest absolute Gasteiger partial charge is 0.497 e. The summed E-state index contributed by atoms with van der Waals surface area (Å²) < 4.78 is 5.23. The molecule has 0 aliphatic carbocycles. The summed E-state index contributed by atoms with van der Waals surface area (Å²) in [5, 5.41) is 4.57. The van der Waals surface area contributed by atoms with E-state index in [0.717, 1.165) is 28.4 Å². The van der Waals surface area contributed by atoms with Gasteiger partial charge in [0.1, 0.15) is 10.8 Å². The van der Waals surface area contributed by atoms with Crippen molar-refractivity contribution < 1.29 is 4.74 Å². The first-order valence-electron chi connectivity index (χ1n) is 6.74. The van der Waals surface area contributed by atoms with Crippen molar-refractivity contribution in [3.8, 4) is 5.75 Å². The molecule has 0 aliphatic rings. The third-order valence-electron chi connectivity index (χ3n) is 3.24. The van der Waals surface area contributed by atoms with Crippen LogP contribution in [0.1, 0.15) is 35.3 Å². The Morgan fingerprint density at radius 1 is 1.45 bits per heavy atom. The van der Waals surface area contributed by atoms with Gasteiger partial charge in [-0.15, -0.1) is 11.3 Å². The predicted molar refractivity (Wildman–Crippen MR) is 84.2 cm³/mol. The number of ether oxygens (including phenoxy) is 1. The zero-order valence-electron chi connectivity index (χ0n) is 12.1. The minimum atomic E-state index is 0.214. The van der Waals surface area contributed by atoms with Crippen LogP contribution in [0.15, 0.2) is 24.4 Å². The maximum atomic E-state index is 5.99. The number of nitrogens with zero attached hydrogens (tertiary/aromatic N) is 1. The Hall–Kier alpha value is -1.59. The average Bonchev–Trinajstić information content (AvgIpc) is 2.95. The summed E-state index contributed by atoms with van der Waals surface area (Å²) in [6.45, 7) is 4.96. The fourth-order valence-electron chi connectivity index (χ4n) is 1.90. The van der Waals surface area contributed by atoms with E-state index < -0.39 is 0 Å². The SMILES string of the molecule is CCc1cnc(C(C)NCc2cc(OC)ccc2N)s1. The molecule has 0 saturated carbocycles. The second kappa shape index (κ2) is 6.72. The molecule has 108 valence electrons. The number of hydrogen-bond donors (Lipinski definition) is 2. The molecule has 20 heavy (non-hydrogen) atoms. The molecule has 0 radical (unpaired) electrons. The molecular weight excluding hydrogens is 270 g/mol. The van der Waals surface area contributed by atoms with Crippen LogP contribution in [0.25, 0.3) is 0 Å². The van der Waals surface area contributed by atoms with Gasteiger partial charge in [-0.05, 0) is 37.1 Å². The number of aromatic nitrogens is 1. The summed E-state index contributed by atoms with van der Waals surface area (Å²) in [5.41, 5.74) is 7.81. The zero-order chi connectivity index (χ0) is 14.5. The van der Waals surface area contributed by atoms with Gasteiger partial charge in [-0.3, -0.25) is 0 Å². The normalized spacial score (nSPS) is 12.3. The molecule has 4 nitrogen and oxygen atoms in total. The fourth-order valence-corrected chi connectivity index (χ4v) is 2.78. The van der Waals surface area contributed by atoms with Crippen LogP contribution in [0.3, 0.4) is 0 Å². The molecule has 2 rings (SSSR count). The fraction of sp³-hybridized carbons (Fsp3) is 0.400. The Balaban J connectivity index is 2.00. The number of nitrogens with two attached hydrogens (primary N) is 1. The molecule has 1 aromatic heterocycles. The summed E-state index contributed by atoms with van der Waals surface area (Å²) in [7, 11) is 1.66. The van der Waals surface area contributed by atoms with E-state index in [1.807, 2.05) is 24.4 Å². The van der Waals surface area contributed by atoms with Crippen molar-refractivity contribution in [1.82, 2.24) is 10.3 Å². The van der Waals surface area contributed by atoms with Crippen molar-refractivity contribution in [2.45, 2.75) is 32.9 Å². The highest BCUT2D eigenvalue weighted by Gasteiger charge is 2.10. The summed E-state index contributed by atoms with van der Waals surface area (Å²) in [4.78, 5) is 5.77. The van der Waals surface area contributed by atoms with Crippen LogP contribution >= 0.6 is 11.3 Å². The van der Waals surface area contributed by atoms with Gasteiger partial charge in [-0.1, -0.05) is 6.92 Å². The molecule has 0 bridgehead atoms. The number of anilines is 1. The number of methoxy groups -OCH3 is 1. The number of rotatable bonds is 6. The Bertz CT molecular complexity index is 568. The molecule has 1 atom stereocenters. The molecule has 0 amide bonds. The van der Waals surface area contributed by atoms with Crippen LogP contribution in [0.5, 0.6) is 5.75 Å². The maximum Gasteiger partial charge on any atom is 0.119 e. The molecule has 2 aromatic rings. The van der Waals surface area contributed by atoms with Gasteiger partial charge in [0.15, 0.2) is 0 Å². The summed E-state index contributed by atoms with van der Waals surface area (Å²) in [6.07, 6.45) is 2.99. The van der Waals surface area contributed by atoms with Gasteiger partial charge in [-0.2, -0.15) is 0 Å². The average molecular weight is 291 g/mol. The molecule has 0 aliphatic heterocycles. The monoisotopic (exact) mass is 291 g/mol. The van der Waals surface area contributed by atoms with Crippen LogP contribution in [-0.2, 0) is 13.0 Å². The van der Waals surface area contributed by atoms with Crippen molar-refractivity contribution in [3.63, 3.8) is 0 Å². The van der Waals surface area contributed by atoms with E-state index in [2.05, 4.69) is 24.1 Å². The Kier molecular flexibility index (Phi) is 4.98. The molecular formula is C15H21N3OS. The number of thiazole rings is 1. The maximum absolute atomic E-state index is 5.99. The number of nitrogens with one attached hydrogen (secondary N) is 1. The second-order valence-corrected chi connectivity index (χ2v) is 5.83. The van der Waals surface area contributed by atoms with E-state index in [4.69, 9.17) is 10.5 Å². The molecule has 5 heteroatoms. The highest BCUT2D eigenvalue weighted by Crippen LogP contribution is 2.23. The third kappa shape index (κ3) is 3.49. The molecule has 1 heterocycles. The summed E-state index contributed by atoms with van der Waals surface area (Å²) in [5.74, 6) is 0.825. The number of hydrogen-bond acceptors (Lipinski definition) is 5. The molecule has 1 unspecified atom stereocenters. The zero-order valence-corrected chi connectivity index (χ0v) is 13.0. The lowest BCUT2D eigenvalue weighted by molar-refractivity contribution is 0.414. The van der Waals surface area contributed by atoms with Crippen molar-refractivity contribution in [2.75, 3.05) is 12.8 Å². The minimum Gasteiger partial charge on any atom is -0.497 e. The van der Waals surface area contributed by atoms with Crippen molar-refractivity contribution in [2.24, 2.45) is 0 Å². The van der Waals surface area contributed by atoms with Crippen molar-refractivity contribution in [1.29, 1.82) is 0 Å². The topological polar surface area (TPSA) is 60.2 Å². The van der Waals surface area contributed by atoms with E-state index >= 15 is 0 Å². The van der Waals surface area contributed by atoms with E-state index in [0.29, 0.717) is 6.54 Å². The first kappa shape index (κ1) is 14.8. The van der Waals surface area contributed by atoms with E-state index in [1.54, 1.807) is 18.4 Å².